The van der Waals surface area contributed by atoms with E-state index in [0.717, 1.165) is 29.1 Å². The number of likely N-dealkylation sites (tertiary alicyclic amines) is 1. The van der Waals surface area contributed by atoms with Crippen LogP contribution in [0.1, 0.15) is 54.3 Å². The Labute approximate surface area is 240 Å². The number of carbonyl (C=O) groups excluding carboxylic acids is 3. The number of aromatic amines is 1. The number of halogens is 2. The summed E-state index contributed by atoms with van der Waals surface area (Å²) in [5, 5.41) is 4.02. The van der Waals surface area contributed by atoms with Gasteiger partial charge in [0.2, 0.25) is 11.8 Å². The van der Waals surface area contributed by atoms with Crippen LogP contribution in [0.3, 0.4) is 0 Å². The van der Waals surface area contributed by atoms with Gasteiger partial charge in [0.25, 0.3) is 5.91 Å². The summed E-state index contributed by atoms with van der Waals surface area (Å²) in [4.78, 5) is 51.0. The number of amides is 3. The van der Waals surface area contributed by atoms with Crippen molar-refractivity contribution in [2.24, 2.45) is 5.41 Å². The van der Waals surface area contributed by atoms with E-state index in [-0.39, 0.29) is 53.9 Å². The molecule has 1 saturated heterocycles. The fraction of sp³-hybridized carbons (Fsp3) is 0.312. The molecular formula is C32H29F2N5O3. The lowest BCUT2D eigenvalue weighted by atomic mass is 10.00. The highest BCUT2D eigenvalue weighted by Crippen LogP contribution is 2.59. The van der Waals surface area contributed by atoms with Crippen LogP contribution in [0.25, 0.3) is 22.0 Å². The van der Waals surface area contributed by atoms with E-state index in [9.17, 15) is 23.2 Å². The molecule has 2 aromatic heterocycles. The van der Waals surface area contributed by atoms with Gasteiger partial charge in [-0.2, -0.15) is 0 Å². The van der Waals surface area contributed by atoms with Crippen LogP contribution in [0.5, 0.6) is 0 Å². The number of nitrogens with one attached hydrogen (secondary N) is 2. The number of H-pyrrole nitrogens is 1. The fourth-order valence-electron chi connectivity index (χ4n) is 6.62. The third-order valence-electron chi connectivity index (χ3n) is 9.05. The maximum Gasteiger partial charge on any atom is 0.254 e. The second kappa shape index (κ2) is 9.47. The SMILES string of the molecule is C[C@@H](NC(=O)[C@@H]1C[C@]2(C)C[C@@H]2N1C(=O)CN1Cc2cc(-c3ccc(F)cc3F)ccc2C1=O)c1cc2cnccc2[nH]1. The first-order chi connectivity index (χ1) is 20.1. The van der Waals surface area contributed by atoms with E-state index in [4.69, 9.17) is 0 Å². The van der Waals surface area contributed by atoms with Gasteiger partial charge in [0.15, 0.2) is 0 Å². The highest BCUT2D eigenvalue weighted by atomic mass is 19.1. The summed E-state index contributed by atoms with van der Waals surface area (Å²) in [6.45, 7) is 4.02. The summed E-state index contributed by atoms with van der Waals surface area (Å²) in [6, 6.07) is 11.2. The maximum atomic E-state index is 14.4. The van der Waals surface area contributed by atoms with Crippen LogP contribution in [0.15, 0.2) is 60.9 Å². The highest BCUT2D eigenvalue weighted by molar-refractivity contribution is 6.01. The summed E-state index contributed by atoms with van der Waals surface area (Å²) in [7, 11) is 0. The zero-order valence-electron chi connectivity index (χ0n) is 23.2. The lowest BCUT2D eigenvalue weighted by Gasteiger charge is -2.29. The van der Waals surface area contributed by atoms with Crippen LogP contribution < -0.4 is 5.32 Å². The normalized spacial score (nSPS) is 23.2. The molecule has 4 aromatic rings. The number of benzene rings is 2. The van der Waals surface area contributed by atoms with Crippen LogP contribution in [0.4, 0.5) is 8.78 Å². The molecule has 10 heteroatoms. The summed E-state index contributed by atoms with van der Waals surface area (Å²) in [5.74, 6) is -2.12. The first-order valence-electron chi connectivity index (χ1n) is 14.0. The number of carbonyl (C=O) groups is 3. The van der Waals surface area contributed by atoms with E-state index in [2.05, 4.69) is 22.2 Å². The van der Waals surface area contributed by atoms with Crippen molar-refractivity contribution in [3.63, 3.8) is 0 Å². The van der Waals surface area contributed by atoms with Crippen LogP contribution in [0.2, 0.25) is 0 Å². The molecule has 7 rings (SSSR count). The number of rotatable bonds is 6. The number of piperidine rings is 1. The van der Waals surface area contributed by atoms with Crippen molar-refractivity contribution >= 4 is 28.6 Å². The standard InChI is InChI=1S/C32H29F2N5O3/c1-17(26-10-19-14-35-8-7-25(19)37-26)36-30(41)27-12-32(2)13-28(32)39(27)29(40)16-38-15-20-9-18(3-5-23(20)31(38)42)22-6-4-21(33)11-24(22)34/h3-11,14,17,27-28,37H,12-13,15-16H2,1-2H3,(H,36,41)/t17-,27+,28+,32-/m1/s1. The van der Waals surface area contributed by atoms with Gasteiger partial charge in [-0.15, -0.1) is 0 Å². The van der Waals surface area contributed by atoms with Crippen molar-refractivity contribution in [2.45, 2.75) is 51.4 Å². The minimum atomic E-state index is -0.687. The molecule has 0 unspecified atom stereocenters. The largest absolute Gasteiger partial charge is 0.357 e. The molecule has 4 heterocycles. The summed E-state index contributed by atoms with van der Waals surface area (Å²) < 4.78 is 27.8. The molecule has 0 spiro atoms. The third-order valence-corrected chi connectivity index (χ3v) is 9.05. The molecule has 1 aliphatic carbocycles. The molecule has 3 aliphatic rings. The number of hydrogen-bond acceptors (Lipinski definition) is 4. The number of nitrogens with zero attached hydrogens (tertiary/aromatic N) is 3. The summed E-state index contributed by atoms with van der Waals surface area (Å²) in [5.41, 5.74) is 3.54. The van der Waals surface area contributed by atoms with Crippen LogP contribution in [-0.4, -0.2) is 56.1 Å². The average Bonchev–Trinajstić information content (AvgIpc) is 3.24. The van der Waals surface area contributed by atoms with Crippen LogP contribution >= 0.6 is 0 Å². The molecule has 4 atom stereocenters. The van der Waals surface area contributed by atoms with Gasteiger partial charge >= 0.3 is 0 Å². The van der Waals surface area contributed by atoms with E-state index < -0.39 is 17.7 Å². The zero-order valence-corrected chi connectivity index (χ0v) is 23.2. The maximum absolute atomic E-state index is 14.4. The van der Waals surface area contributed by atoms with E-state index in [0.29, 0.717) is 23.1 Å². The van der Waals surface area contributed by atoms with E-state index in [1.54, 1.807) is 35.5 Å². The van der Waals surface area contributed by atoms with Gasteiger partial charge in [0.05, 0.1) is 6.04 Å². The fourth-order valence-corrected chi connectivity index (χ4v) is 6.62. The molecule has 2 aliphatic heterocycles. The Bertz CT molecular complexity index is 1750. The molecule has 2 aromatic carbocycles. The van der Waals surface area contributed by atoms with Gasteiger partial charge in [-0.1, -0.05) is 13.0 Å². The molecule has 2 N–H and O–H groups in total. The third kappa shape index (κ3) is 4.33. The van der Waals surface area contributed by atoms with Gasteiger partial charge < -0.3 is 20.1 Å². The average molecular weight is 570 g/mol. The first kappa shape index (κ1) is 26.3. The Balaban J connectivity index is 1.06. The van der Waals surface area contributed by atoms with Crippen LogP contribution in [0, 0.1) is 17.0 Å². The van der Waals surface area contributed by atoms with Crippen molar-refractivity contribution in [3.8, 4) is 11.1 Å². The smallest absolute Gasteiger partial charge is 0.254 e. The lowest BCUT2D eigenvalue weighted by molar-refractivity contribution is -0.140. The molecular weight excluding hydrogens is 540 g/mol. The Morgan fingerprint density at radius 3 is 2.71 bits per heavy atom. The van der Waals surface area contributed by atoms with Crippen molar-refractivity contribution < 1.29 is 23.2 Å². The summed E-state index contributed by atoms with van der Waals surface area (Å²) >= 11 is 0. The van der Waals surface area contributed by atoms with Gasteiger partial charge in [0, 0.05) is 58.8 Å². The van der Waals surface area contributed by atoms with E-state index >= 15 is 0 Å². The Morgan fingerprint density at radius 1 is 1.12 bits per heavy atom. The monoisotopic (exact) mass is 569 g/mol. The predicted molar refractivity (Wildman–Crippen MR) is 151 cm³/mol. The highest BCUT2D eigenvalue weighted by Gasteiger charge is 2.64. The number of hydrogen-bond donors (Lipinski definition) is 2. The van der Waals surface area contributed by atoms with Gasteiger partial charge in [-0.3, -0.25) is 19.4 Å². The molecule has 2 fully saturated rings. The molecule has 8 nitrogen and oxygen atoms in total. The van der Waals surface area contributed by atoms with Gasteiger partial charge in [-0.25, -0.2) is 8.78 Å². The molecule has 3 amide bonds. The topological polar surface area (TPSA) is 98.4 Å². The quantitative estimate of drug-likeness (QED) is 0.351. The molecule has 0 radical (unpaired) electrons. The Kier molecular flexibility index (Phi) is 5.93. The number of pyridine rings is 1. The zero-order chi connectivity index (χ0) is 29.3. The second-order valence-corrected chi connectivity index (χ2v) is 12.0. The van der Waals surface area contributed by atoms with Crippen molar-refractivity contribution in [3.05, 3.63) is 89.4 Å². The molecule has 42 heavy (non-hydrogen) atoms. The van der Waals surface area contributed by atoms with E-state index in [1.807, 2.05) is 19.1 Å². The minimum Gasteiger partial charge on any atom is -0.357 e. The van der Waals surface area contributed by atoms with Crippen molar-refractivity contribution in [1.29, 1.82) is 0 Å². The van der Waals surface area contributed by atoms with E-state index in [1.165, 1.54) is 17.0 Å². The van der Waals surface area contributed by atoms with Gasteiger partial charge in [-0.05, 0) is 72.7 Å². The van der Waals surface area contributed by atoms with Crippen LogP contribution in [-0.2, 0) is 16.1 Å². The van der Waals surface area contributed by atoms with Gasteiger partial charge in [0.1, 0.15) is 24.2 Å². The van der Waals surface area contributed by atoms with Crippen molar-refractivity contribution in [1.82, 2.24) is 25.1 Å². The number of aromatic nitrogens is 2. The first-order valence-corrected chi connectivity index (χ1v) is 14.0. The Hall–Kier alpha value is -4.60. The molecule has 214 valence electrons. The van der Waals surface area contributed by atoms with Crippen molar-refractivity contribution in [2.75, 3.05) is 6.54 Å². The Morgan fingerprint density at radius 2 is 1.93 bits per heavy atom. The molecule has 1 saturated carbocycles. The number of fused-ring (bicyclic) bond motifs is 3. The summed E-state index contributed by atoms with van der Waals surface area (Å²) in [6.07, 6.45) is 4.86. The molecule has 0 bridgehead atoms. The predicted octanol–water partition coefficient (Wildman–Crippen LogP) is 4.72. The minimum absolute atomic E-state index is 0.0386. The second-order valence-electron chi connectivity index (χ2n) is 12.0. The lowest BCUT2D eigenvalue weighted by Crippen LogP contribution is -2.51.